The van der Waals surface area contributed by atoms with Crippen LogP contribution in [0.1, 0.15) is 58.8 Å². The van der Waals surface area contributed by atoms with E-state index in [-0.39, 0.29) is 5.92 Å². The zero-order valence-corrected chi connectivity index (χ0v) is 21.4. The summed E-state index contributed by atoms with van der Waals surface area (Å²) in [6, 6.07) is 0. The summed E-state index contributed by atoms with van der Waals surface area (Å²) in [4.78, 5) is 42.6. The van der Waals surface area contributed by atoms with Gasteiger partial charge >= 0.3 is 18.3 Å². The topological polar surface area (TPSA) is 125 Å². The van der Waals surface area contributed by atoms with Crippen LogP contribution in [0.4, 0.5) is 14.4 Å². The van der Waals surface area contributed by atoms with Crippen molar-refractivity contribution < 1.29 is 28.6 Å². The summed E-state index contributed by atoms with van der Waals surface area (Å²) in [5.41, 5.74) is 0. The molecule has 3 N–H and O–H groups in total. The number of hydrogen-bond donors (Lipinski definition) is 3. The van der Waals surface area contributed by atoms with E-state index in [2.05, 4.69) is 16.0 Å². The van der Waals surface area contributed by atoms with E-state index in [4.69, 9.17) is 14.2 Å². The van der Waals surface area contributed by atoms with Gasteiger partial charge in [0.25, 0.3) is 0 Å². The molecule has 1 saturated heterocycles. The Balaban J connectivity index is 2.62. The highest BCUT2D eigenvalue weighted by Gasteiger charge is 2.53. The molecule has 2 fully saturated rings. The first-order valence-electron chi connectivity index (χ1n) is 12.1. The smallest absolute Gasteiger partial charge is 0.412 e. The highest BCUT2D eigenvalue weighted by Crippen LogP contribution is 2.35. The van der Waals surface area contributed by atoms with Crippen LogP contribution < -0.4 is 16.0 Å². The maximum Gasteiger partial charge on any atom is 0.412 e. The van der Waals surface area contributed by atoms with Crippen molar-refractivity contribution in [1.82, 2.24) is 30.7 Å². The summed E-state index contributed by atoms with van der Waals surface area (Å²) in [7, 11) is 5.56. The third-order valence-electron chi connectivity index (χ3n) is 6.77. The number of carbonyl (C=O) groups excluding carboxylic acids is 3. The predicted molar refractivity (Wildman–Crippen MR) is 125 cm³/mol. The quantitative estimate of drug-likeness (QED) is 0.485. The summed E-state index contributed by atoms with van der Waals surface area (Å²) in [6.07, 6.45) is 4.04. The molecule has 0 bridgehead atoms. The van der Waals surface area contributed by atoms with Crippen LogP contribution in [0.5, 0.6) is 0 Å². The molecule has 0 aromatic carbocycles. The summed E-state index contributed by atoms with van der Waals surface area (Å²) in [6.45, 7) is 4.38. The van der Waals surface area contributed by atoms with Crippen molar-refractivity contribution in [3.8, 4) is 0 Å². The second-order valence-corrected chi connectivity index (χ2v) is 8.62. The van der Waals surface area contributed by atoms with Gasteiger partial charge in [-0.1, -0.05) is 32.1 Å². The average Bonchev–Trinajstić information content (AvgIpc) is 2.83. The molecule has 3 amide bonds. The van der Waals surface area contributed by atoms with Crippen molar-refractivity contribution in [2.75, 3.05) is 41.5 Å². The van der Waals surface area contributed by atoms with E-state index in [9.17, 15) is 14.4 Å². The number of hydrogen-bond acceptors (Lipinski definition) is 9. The van der Waals surface area contributed by atoms with Crippen molar-refractivity contribution in [1.29, 1.82) is 0 Å². The molecular weight excluding hydrogens is 444 g/mol. The Labute approximate surface area is 202 Å². The normalized spacial score (nSPS) is 25.9. The highest BCUT2D eigenvalue weighted by molar-refractivity contribution is 5.70. The van der Waals surface area contributed by atoms with Crippen LogP contribution in [0, 0.1) is 5.92 Å². The molecular formula is C22H42N6O6. The van der Waals surface area contributed by atoms with Crippen molar-refractivity contribution in [2.45, 2.75) is 77.2 Å². The van der Waals surface area contributed by atoms with Gasteiger partial charge in [0.2, 0.25) is 0 Å². The number of rotatable bonds is 6. The third-order valence-corrected chi connectivity index (χ3v) is 6.77. The van der Waals surface area contributed by atoms with Crippen molar-refractivity contribution >= 4 is 18.3 Å². The molecule has 12 heteroatoms. The average molecular weight is 487 g/mol. The molecule has 3 atom stereocenters. The van der Waals surface area contributed by atoms with Crippen molar-refractivity contribution in [3.63, 3.8) is 0 Å². The van der Waals surface area contributed by atoms with E-state index in [1.807, 2.05) is 13.8 Å². The monoisotopic (exact) mass is 486 g/mol. The van der Waals surface area contributed by atoms with Gasteiger partial charge in [0.05, 0.1) is 21.3 Å². The largest absolute Gasteiger partial charge is 0.453 e. The molecule has 1 saturated carbocycles. The van der Waals surface area contributed by atoms with E-state index < -0.39 is 36.6 Å². The minimum Gasteiger partial charge on any atom is -0.453 e. The SMILES string of the molecule is CCN(C(=O)OC)C1NC(N(C)C(=O)OC)NC(C2CCCCCCC2)(N(CC)C(=O)OC)N1. The lowest BCUT2D eigenvalue weighted by atomic mass is 9.84. The van der Waals surface area contributed by atoms with Gasteiger partial charge in [0, 0.05) is 26.1 Å². The molecule has 0 spiro atoms. The molecule has 0 radical (unpaired) electrons. The Morgan fingerprint density at radius 2 is 1.32 bits per heavy atom. The number of nitrogens with one attached hydrogen (secondary N) is 3. The minimum atomic E-state index is -1.11. The molecule has 1 aliphatic carbocycles. The Morgan fingerprint density at radius 1 is 0.794 bits per heavy atom. The van der Waals surface area contributed by atoms with Crippen LogP contribution in [-0.2, 0) is 14.2 Å². The maximum absolute atomic E-state index is 13.0. The van der Waals surface area contributed by atoms with Crippen LogP contribution in [0.2, 0.25) is 0 Å². The molecule has 196 valence electrons. The molecule has 2 aliphatic rings. The molecule has 1 heterocycles. The number of amides is 3. The number of nitrogens with zero attached hydrogens (tertiary/aromatic N) is 3. The van der Waals surface area contributed by atoms with E-state index in [1.54, 1.807) is 11.9 Å². The molecule has 3 unspecified atom stereocenters. The number of methoxy groups -OCH3 is 3. The van der Waals surface area contributed by atoms with Crippen LogP contribution in [0.25, 0.3) is 0 Å². The zero-order valence-electron chi connectivity index (χ0n) is 21.4. The first-order chi connectivity index (χ1) is 16.3. The molecule has 12 nitrogen and oxygen atoms in total. The molecule has 2 rings (SSSR count). The fourth-order valence-corrected chi connectivity index (χ4v) is 4.97. The zero-order chi connectivity index (χ0) is 25.3. The molecule has 34 heavy (non-hydrogen) atoms. The fraction of sp³-hybridized carbons (Fsp3) is 0.864. The van der Waals surface area contributed by atoms with Gasteiger partial charge in [-0.25, -0.2) is 25.0 Å². The lowest BCUT2D eigenvalue weighted by Gasteiger charge is -2.57. The van der Waals surface area contributed by atoms with Crippen LogP contribution in [-0.4, -0.2) is 92.8 Å². The molecule has 0 aromatic heterocycles. The van der Waals surface area contributed by atoms with E-state index in [1.165, 1.54) is 37.6 Å². The number of carbonyl (C=O) groups is 3. The second-order valence-electron chi connectivity index (χ2n) is 8.62. The number of ether oxygens (including phenoxy) is 3. The molecule has 1 aliphatic heterocycles. The van der Waals surface area contributed by atoms with Gasteiger partial charge in [0.15, 0.2) is 5.79 Å². The summed E-state index contributed by atoms with van der Waals surface area (Å²) < 4.78 is 15.1. The highest BCUT2D eigenvalue weighted by atomic mass is 16.6. The van der Waals surface area contributed by atoms with Crippen LogP contribution in [0.15, 0.2) is 0 Å². The predicted octanol–water partition coefficient (Wildman–Crippen LogP) is 2.23. The van der Waals surface area contributed by atoms with Gasteiger partial charge in [-0.05, 0) is 26.7 Å². The maximum atomic E-state index is 13.0. The summed E-state index contributed by atoms with van der Waals surface area (Å²) in [5, 5.41) is 10.2. The Bertz CT molecular complexity index is 689. The summed E-state index contributed by atoms with van der Waals surface area (Å²) in [5.74, 6) is -1.12. The first-order valence-corrected chi connectivity index (χ1v) is 12.1. The van der Waals surface area contributed by atoms with E-state index in [0.29, 0.717) is 13.1 Å². The standard InChI is InChI=1S/C22H42N6O6/c1-7-27(20(30)33-5)18-23-17(26(3)19(29)32-4)24-22(25-18,28(8-2)21(31)34-6)16-14-12-10-9-11-13-15-16/h16-18,23-25H,7-15H2,1-6H3. The molecule has 0 aromatic rings. The fourth-order valence-electron chi connectivity index (χ4n) is 4.97. The van der Waals surface area contributed by atoms with Crippen LogP contribution >= 0.6 is 0 Å². The second kappa shape index (κ2) is 13.0. The minimum absolute atomic E-state index is 0.0126. The van der Waals surface area contributed by atoms with Gasteiger partial charge in [-0.2, -0.15) is 0 Å². The lowest BCUT2D eigenvalue weighted by Crippen LogP contribution is -2.87. The lowest BCUT2D eigenvalue weighted by molar-refractivity contribution is -0.112. The third kappa shape index (κ3) is 6.02. The van der Waals surface area contributed by atoms with Gasteiger partial charge in [0.1, 0.15) is 12.6 Å². The Kier molecular flexibility index (Phi) is 10.6. The van der Waals surface area contributed by atoms with Gasteiger partial charge < -0.3 is 14.2 Å². The summed E-state index contributed by atoms with van der Waals surface area (Å²) >= 11 is 0. The van der Waals surface area contributed by atoms with Gasteiger partial charge in [-0.15, -0.1) is 0 Å². The van der Waals surface area contributed by atoms with E-state index >= 15 is 0 Å². The Hall–Kier alpha value is -2.31. The Morgan fingerprint density at radius 3 is 1.82 bits per heavy atom. The van der Waals surface area contributed by atoms with Gasteiger partial charge in [-0.3, -0.25) is 20.0 Å². The van der Waals surface area contributed by atoms with Crippen molar-refractivity contribution in [3.05, 3.63) is 0 Å². The van der Waals surface area contributed by atoms with Crippen LogP contribution in [0.3, 0.4) is 0 Å². The van der Waals surface area contributed by atoms with E-state index in [0.717, 1.165) is 38.5 Å². The first kappa shape index (κ1) is 27.9. The van der Waals surface area contributed by atoms with Crippen molar-refractivity contribution in [2.24, 2.45) is 5.92 Å².